The lowest BCUT2D eigenvalue weighted by molar-refractivity contribution is 0.170. The number of hydrogen-bond acceptors (Lipinski definition) is 3. The molecule has 0 aliphatic heterocycles. The molecule has 0 fully saturated rings. The summed E-state index contributed by atoms with van der Waals surface area (Å²) in [5, 5.41) is 18.3. The van der Waals surface area contributed by atoms with E-state index >= 15 is 0 Å². The topological polar surface area (TPSA) is 32.3 Å². The van der Waals surface area contributed by atoms with E-state index in [0.29, 0.717) is 12.6 Å². The summed E-state index contributed by atoms with van der Waals surface area (Å²) >= 11 is 7.62. The SMILES string of the molecule is OC(CNC1CCc2cc(Cl)ccc21)c1ccsc1. The molecule has 0 amide bonds. The monoisotopic (exact) mass is 293 g/mol. The molecule has 2 N–H and O–H groups in total. The van der Waals surface area contributed by atoms with Crippen molar-refractivity contribution in [2.45, 2.75) is 25.0 Å². The zero-order valence-corrected chi connectivity index (χ0v) is 12.0. The van der Waals surface area contributed by atoms with E-state index < -0.39 is 6.10 Å². The lowest BCUT2D eigenvalue weighted by atomic mass is 10.1. The van der Waals surface area contributed by atoms with Gasteiger partial charge >= 0.3 is 0 Å². The van der Waals surface area contributed by atoms with Crippen LogP contribution in [0.2, 0.25) is 5.02 Å². The number of halogens is 1. The largest absolute Gasteiger partial charge is 0.387 e. The molecular weight excluding hydrogens is 278 g/mol. The normalized spacial score (nSPS) is 19.4. The Bertz CT molecular complexity index is 555. The van der Waals surface area contributed by atoms with Gasteiger partial charge in [0.15, 0.2) is 0 Å². The highest BCUT2D eigenvalue weighted by molar-refractivity contribution is 7.07. The molecule has 1 aromatic carbocycles. The van der Waals surface area contributed by atoms with Gasteiger partial charge in [-0.15, -0.1) is 0 Å². The second kappa shape index (κ2) is 5.63. The van der Waals surface area contributed by atoms with Gasteiger partial charge in [-0.3, -0.25) is 0 Å². The fraction of sp³-hybridized carbons (Fsp3) is 0.333. The molecule has 4 heteroatoms. The number of hydrogen-bond donors (Lipinski definition) is 2. The zero-order valence-electron chi connectivity index (χ0n) is 10.5. The van der Waals surface area contributed by atoms with E-state index in [-0.39, 0.29) is 0 Å². The Balaban J connectivity index is 1.64. The van der Waals surface area contributed by atoms with Crippen LogP contribution in [0.15, 0.2) is 35.0 Å². The van der Waals surface area contributed by atoms with E-state index in [9.17, 15) is 5.11 Å². The second-order valence-electron chi connectivity index (χ2n) is 4.92. The molecule has 3 rings (SSSR count). The highest BCUT2D eigenvalue weighted by Crippen LogP contribution is 2.33. The van der Waals surface area contributed by atoms with Gasteiger partial charge < -0.3 is 10.4 Å². The molecule has 1 aromatic heterocycles. The number of thiophene rings is 1. The Morgan fingerprint density at radius 1 is 1.42 bits per heavy atom. The standard InChI is InChI=1S/C15H16ClNOS/c16-12-2-3-13-10(7-12)1-4-14(13)17-8-15(18)11-5-6-19-9-11/h2-3,5-7,9,14-15,17-18H,1,4,8H2. The summed E-state index contributed by atoms with van der Waals surface area (Å²) in [5.41, 5.74) is 3.64. The van der Waals surface area contributed by atoms with Crippen molar-refractivity contribution in [3.05, 3.63) is 56.7 Å². The van der Waals surface area contributed by atoms with Crippen LogP contribution in [-0.4, -0.2) is 11.7 Å². The summed E-state index contributed by atoms with van der Waals surface area (Å²) in [6.45, 7) is 0.587. The molecule has 2 nitrogen and oxygen atoms in total. The van der Waals surface area contributed by atoms with Crippen LogP contribution >= 0.6 is 22.9 Å². The Kier molecular flexibility index (Phi) is 3.89. The molecule has 100 valence electrons. The number of nitrogens with one attached hydrogen (secondary N) is 1. The number of rotatable bonds is 4. The molecule has 19 heavy (non-hydrogen) atoms. The smallest absolute Gasteiger partial charge is 0.0922 e. The molecule has 2 aromatic rings. The maximum Gasteiger partial charge on any atom is 0.0922 e. The third-order valence-corrected chi connectivity index (χ3v) is 4.60. The van der Waals surface area contributed by atoms with Crippen LogP contribution < -0.4 is 5.32 Å². The molecule has 0 saturated carbocycles. The number of aliphatic hydroxyl groups is 1. The van der Waals surface area contributed by atoms with Crippen molar-refractivity contribution in [1.82, 2.24) is 5.32 Å². The maximum atomic E-state index is 10.1. The van der Waals surface area contributed by atoms with Gasteiger partial charge in [0.25, 0.3) is 0 Å². The van der Waals surface area contributed by atoms with Crippen molar-refractivity contribution >= 4 is 22.9 Å². The van der Waals surface area contributed by atoms with Crippen molar-refractivity contribution in [2.24, 2.45) is 0 Å². The average molecular weight is 294 g/mol. The molecule has 0 spiro atoms. The average Bonchev–Trinajstić information content (AvgIpc) is 3.05. The fourth-order valence-corrected chi connectivity index (χ4v) is 3.54. The van der Waals surface area contributed by atoms with Gasteiger partial charge in [0, 0.05) is 17.6 Å². The van der Waals surface area contributed by atoms with Gasteiger partial charge in [0.05, 0.1) is 6.10 Å². The van der Waals surface area contributed by atoms with Gasteiger partial charge in [-0.05, 0) is 58.5 Å². The predicted octanol–water partition coefficient (Wildman–Crippen LogP) is 3.71. The number of fused-ring (bicyclic) bond motifs is 1. The Morgan fingerprint density at radius 2 is 2.32 bits per heavy atom. The molecule has 0 radical (unpaired) electrons. The minimum Gasteiger partial charge on any atom is -0.387 e. The summed E-state index contributed by atoms with van der Waals surface area (Å²) < 4.78 is 0. The van der Waals surface area contributed by atoms with Crippen molar-refractivity contribution in [1.29, 1.82) is 0 Å². The van der Waals surface area contributed by atoms with Crippen molar-refractivity contribution < 1.29 is 5.11 Å². The Labute approximate surface area is 122 Å². The number of aliphatic hydroxyl groups excluding tert-OH is 1. The van der Waals surface area contributed by atoms with Gasteiger partial charge in [-0.25, -0.2) is 0 Å². The Morgan fingerprint density at radius 3 is 3.11 bits per heavy atom. The van der Waals surface area contributed by atoms with Crippen LogP contribution in [0.25, 0.3) is 0 Å². The zero-order chi connectivity index (χ0) is 13.2. The Hall–Kier alpha value is -0.870. The van der Waals surface area contributed by atoms with Crippen molar-refractivity contribution in [2.75, 3.05) is 6.54 Å². The second-order valence-corrected chi connectivity index (χ2v) is 6.13. The summed E-state index contributed by atoms with van der Waals surface area (Å²) in [6.07, 6.45) is 1.70. The van der Waals surface area contributed by atoms with Crippen LogP contribution in [0.5, 0.6) is 0 Å². The summed E-state index contributed by atoms with van der Waals surface area (Å²) in [6, 6.07) is 8.39. The summed E-state index contributed by atoms with van der Waals surface area (Å²) in [5.74, 6) is 0. The fourth-order valence-electron chi connectivity index (χ4n) is 2.63. The third-order valence-electron chi connectivity index (χ3n) is 3.67. The van der Waals surface area contributed by atoms with E-state index in [1.165, 1.54) is 11.1 Å². The number of benzene rings is 1. The van der Waals surface area contributed by atoms with E-state index in [1.807, 2.05) is 29.0 Å². The van der Waals surface area contributed by atoms with Crippen molar-refractivity contribution in [3.63, 3.8) is 0 Å². The molecule has 1 heterocycles. The van der Waals surface area contributed by atoms with E-state index in [4.69, 9.17) is 11.6 Å². The lowest BCUT2D eigenvalue weighted by Crippen LogP contribution is -2.24. The van der Waals surface area contributed by atoms with Gasteiger partial charge in [0.1, 0.15) is 0 Å². The first-order chi connectivity index (χ1) is 9.24. The predicted molar refractivity (Wildman–Crippen MR) is 79.8 cm³/mol. The van der Waals surface area contributed by atoms with Gasteiger partial charge in [-0.1, -0.05) is 17.7 Å². The summed E-state index contributed by atoms with van der Waals surface area (Å²) in [7, 11) is 0. The van der Waals surface area contributed by atoms with Gasteiger partial charge in [0.2, 0.25) is 0 Å². The molecule has 1 aliphatic rings. The summed E-state index contributed by atoms with van der Waals surface area (Å²) in [4.78, 5) is 0. The maximum absolute atomic E-state index is 10.1. The van der Waals surface area contributed by atoms with Crippen LogP contribution in [0.1, 0.15) is 35.3 Å². The molecule has 2 unspecified atom stereocenters. The highest BCUT2D eigenvalue weighted by Gasteiger charge is 2.22. The lowest BCUT2D eigenvalue weighted by Gasteiger charge is -2.17. The van der Waals surface area contributed by atoms with E-state index in [0.717, 1.165) is 23.4 Å². The first-order valence-corrected chi connectivity index (χ1v) is 7.78. The molecule has 1 aliphatic carbocycles. The van der Waals surface area contributed by atoms with Gasteiger partial charge in [-0.2, -0.15) is 11.3 Å². The quantitative estimate of drug-likeness (QED) is 0.901. The molecule has 0 saturated heterocycles. The van der Waals surface area contributed by atoms with Crippen LogP contribution in [0.3, 0.4) is 0 Å². The minimum absolute atomic E-state index is 0.334. The van der Waals surface area contributed by atoms with E-state index in [2.05, 4.69) is 11.4 Å². The van der Waals surface area contributed by atoms with Crippen LogP contribution in [0, 0.1) is 0 Å². The van der Waals surface area contributed by atoms with Crippen LogP contribution in [-0.2, 0) is 6.42 Å². The van der Waals surface area contributed by atoms with Crippen LogP contribution in [0.4, 0.5) is 0 Å². The number of aryl methyl sites for hydroxylation is 1. The third kappa shape index (κ3) is 2.84. The minimum atomic E-state index is -0.428. The first kappa shape index (κ1) is 13.1. The molecular formula is C15H16ClNOS. The first-order valence-electron chi connectivity index (χ1n) is 6.46. The molecule has 2 atom stereocenters. The molecule has 0 bridgehead atoms. The van der Waals surface area contributed by atoms with E-state index in [1.54, 1.807) is 11.3 Å². The van der Waals surface area contributed by atoms with Crippen molar-refractivity contribution in [3.8, 4) is 0 Å². The highest BCUT2D eigenvalue weighted by atomic mass is 35.5.